The van der Waals surface area contributed by atoms with Crippen LogP contribution in [0.3, 0.4) is 0 Å². The maximum Gasteiger partial charge on any atom is 0.333 e. The third kappa shape index (κ3) is 3.21. The minimum Gasteiger partial charge on any atom is -0.466 e. The summed E-state index contributed by atoms with van der Waals surface area (Å²) >= 11 is 0. The van der Waals surface area contributed by atoms with E-state index in [0.29, 0.717) is 25.1 Å². The van der Waals surface area contributed by atoms with Gasteiger partial charge in [-0.15, -0.1) is 0 Å². The number of methoxy groups -OCH3 is 1. The number of hydrogen-bond donors (Lipinski definition) is 0. The van der Waals surface area contributed by atoms with Crippen LogP contribution in [0.25, 0.3) is 0 Å². The van der Waals surface area contributed by atoms with Crippen LogP contribution in [0.2, 0.25) is 0 Å². The molecule has 4 nitrogen and oxygen atoms in total. The van der Waals surface area contributed by atoms with Crippen molar-refractivity contribution in [2.45, 2.75) is 19.0 Å². The zero-order valence-corrected chi connectivity index (χ0v) is 10.9. The van der Waals surface area contributed by atoms with Crippen molar-refractivity contribution in [3.05, 3.63) is 47.5 Å². The van der Waals surface area contributed by atoms with Crippen LogP contribution in [-0.2, 0) is 16.1 Å². The number of esters is 1. The first-order chi connectivity index (χ1) is 9.24. The lowest BCUT2D eigenvalue weighted by Gasteiger charge is -2.30. The van der Waals surface area contributed by atoms with Crippen LogP contribution >= 0.6 is 0 Å². The van der Waals surface area contributed by atoms with Crippen molar-refractivity contribution in [1.29, 1.82) is 5.26 Å². The van der Waals surface area contributed by atoms with Crippen LogP contribution in [-0.4, -0.2) is 30.6 Å². The predicted molar refractivity (Wildman–Crippen MR) is 71.0 cm³/mol. The summed E-state index contributed by atoms with van der Waals surface area (Å²) in [5.41, 5.74) is 1.76. The molecule has 0 fully saturated rings. The number of hydrogen-bond acceptors (Lipinski definition) is 4. The molecule has 1 atom stereocenters. The molecule has 1 heterocycles. The first-order valence-electron chi connectivity index (χ1n) is 6.19. The average Bonchev–Trinajstić information content (AvgIpc) is 2.48. The Hall–Kier alpha value is -2.12. The number of benzene rings is 1. The van der Waals surface area contributed by atoms with Gasteiger partial charge in [-0.25, -0.2) is 4.79 Å². The van der Waals surface area contributed by atoms with Gasteiger partial charge in [0.25, 0.3) is 0 Å². The van der Waals surface area contributed by atoms with E-state index in [4.69, 9.17) is 4.74 Å². The maximum absolute atomic E-state index is 11.5. The largest absolute Gasteiger partial charge is 0.466 e. The summed E-state index contributed by atoms with van der Waals surface area (Å²) in [4.78, 5) is 13.5. The molecule has 0 N–H and O–H groups in total. The summed E-state index contributed by atoms with van der Waals surface area (Å²) in [6.07, 6.45) is 2.28. The molecule has 1 aromatic rings. The predicted octanol–water partition coefficient (Wildman–Crippen LogP) is 1.88. The quantitative estimate of drug-likeness (QED) is 0.775. The summed E-state index contributed by atoms with van der Waals surface area (Å²) < 4.78 is 4.70. The minimum atomic E-state index is -0.334. The van der Waals surface area contributed by atoms with Gasteiger partial charge in [-0.2, -0.15) is 5.26 Å². The number of nitrogens with zero attached hydrogens (tertiary/aromatic N) is 2. The standard InChI is InChI=1S/C15H16N2O2/c1-19-15(18)13-7-8-17(14(9-13)10-16)11-12-5-3-2-4-6-12/h2-7,14H,8-9,11H2,1H3. The first-order valence-corrected chi connectivity index (χ1v) is 6.19. The molecule has 1 unspecified atom stereocenters. The first kappa shape index (κ1) is 13.3. The molecule has 19 heavy (non-hydrogen) atoms. The van der Waals surface area contributed by atoms with E-state index in [9.17, 15) is 10.1 Å². The van der Waals surface area contributed by atoms with Crippen LogP contribution in [0.1, 0.15) is 12.0 Å². The third-order valence-electron chi connectivity index (χ3n) is 3.25. The minimum absolute atomic E-state index is 0.278. The summed E-state index contributed by atoms with van der Waals surface area (Å²) in [5.74, 6) is -0.334. The Morgan fingerprint density at radius 1 is 1.47 bits per heavy atom. The molecule has 4 heteroatoms. The molecule has 1 aliphatic rings. The van der Waals surface area contributed by atoms with Crippen molar-refractivity contribution >= 4 is 5.97 Å². The Kier molecular flexibility index (Phi) is 4.32. The molecule has 0 spiro atoms. The molecule has 0 bridgehead atoms. The molecular formula is C15H16N2O2. The third-order valence-corrected chi connectivity index (χ3v) is 3.25. The van der Waals surface area contributed by atoms with Crippen LogP contribution in [0.5, 0.6) is 0 Å². The number of nitriles is 1. The van der Waals surface area contributed by atoms with Crippen molar-refractivity contribution < 1.29 is 9.53 Å². The van der Waals surface area contributed by atoms with E-state index in [0.717, 1.165) is 5.56 Å². The number of carbonyl (C=O) groups excluding carboxylic acids is 1. The smallest absolute Gasteiger partial charge is 0.333 e. The topological polar surface area (TPSA) is 53.3 Å². The van der Waals surface area contributed by atoms with E-state index in [1.165, 1.54) is 7.11 Å². The monoisotopic (exact) mass is 256 g/mol. The van der Waals surface area contributed by atoms with E-state index < -0.39 is 0 Å². The van der Waals surface area contributed by atoms with Crippen molar-refractivity contribution in [1.82, 2.24) is 4.90 Å². The van der Waals surface area contributed by atoms with Gasteiger partial charge in [0.1, 0.15) is 6.04 Å². The molecule has 0 radical (unpaired) electrons. The Labute approximate surface area is 112 Å². The van der Waals surface area contributed by atoms with Crippen molar-refractivity contribution in [2.24, 2.45) is 0 Å². The molecular weight excluding hydrogens is 240 g/mol. The molecule has 0 aromatic heterocycles. The Morgan fingerprint density at radius 2 is 2.21 bits per heavy atom. The van der Waals surface area contributed by atoms with Gasteiger partial charge < -0.3 is 4.74 Å². The maximum atomic E-state index is 11.5. The average molecular weight is 256 g/mol. The lowest BCUT2D eigenvalue weighted by Crippen LogP contribution is -2.38. The molecule has 2 rings (SSSR count). The highest BCUT2D eigenvalue weighted by Crippen LogP contribution is 2.20. The zero-order valence-electron chi connectivity index (χ0n) is 10.9. The van der Waals surface area contributed by atoms with Gasteiger partial charge in [0.05, 0.1) is 13.2 Å². The molecule has 0 amide bonds. The highest BCUT2D eigenvalue weighted by molar-refractivity contribution is 5.88. The Morgan fingerprint density at radius 3 is 2.84 bits per heavy atom. The fourth-order valence-corrected chi connectivity index (χ4v) is 2.19. The number of rotatable bonds is 3. The molecule has 0 aliphatic carbocycles. The SMILES string of the molecule is COC(=O)C1=CCN(Cc2ccccc2)C(C#N)C1. The van der Waals surface area contributed by atoms with E-state index in [1.807, 2.05) is 36.4 Å². The summed E-state index contributed by atoms with van der Waals surface area (Å²) in [6.45, 7) is 1.31. The van der Waals surface area contributed by atoms with E-state index in [-0.39, 0.29) is 12.0 Å². The van der Waals surface area contributed by atoms with E-state index in [1.54, 1.807) is 0 Å². The Bertz CT molecular complexity index is 517. The fraction of sp³-hybridized carbons (Fsp3) is 0.333. The van der Waals surface area contributed by atoms with Crippen molar-refractivity contribution in [3.8, 4) is 6.07 Å². The number of carbonyl (C=O) groups is 1. The molecule has 1 aromatic carbocycles. The fourth-order valence-electron chi connectivity index (χ4n) is 2.19. The van der Waals surface area contributed by atoms with Crippen LogP contribution in [0, 0.1) is 11.3 Å². The van der Waals surface area contributed by atoms with E-state index in [2.05, 4.69) is 11.0 Å². The summed E-state index contributed by atoms with van der Waals surface area (Å²) in [7, 11) is 1.36. The summed E-state index contributed by atoms with van der Waals surface area (Å²) in [5, 5.41) is 9.24. The van der Waals surface area contributed by atoms with Gasteiger partial charge in [0.15, 0.2) is 0 Å². The molecule has 0 saturated heterocycles. The second-order valence-electron chi connectivity index (χ2n) is 4.49. The Balaban J connectivity index is 2.09. The second-order valence-corrected chi connectivity index (χ2v) is 4.49. The van der Waals surface area contributed by atoms with Crippen molar-refractivity contribution in [2.75, 3.05) is 13.7 Å². The van der Waals surface area contributed by atoms with Gasteiger partial charge in [-0.1, -0.05) is 36.4 Å². The zero-order chi connectivity index (χ0) is 13.7. The lowest BCUT2D eigenvalue weighted by atomic mass is 10.00. The van der Waals surface area contributed by atoms with Gasteiger partial charge >= 0.3 is 5.97 Å². The number of ether oxygens (including phenoxy) is 1. The highest BCUT2D eigenvalue weighted by atomic mass is 16.5. The van der Waals surface area contributed by atoms with Crippen LogP contribution in [0.4, 0.5) is 0 Å². The highest BCUT2D eigenvalue weighted by Gasteiger charge is 2.26. The van der Waals surface area contributed by atoms with E-state index >= 15 is 0 Å². The molecule has 0 saturated carbocycles. The van der Waals surface area contributed by atoms with Crippen LogP contribution in [0.15, 0.2) is 42.0 Å². The molecule has 98 valence electrons. The second kappa shape index (κ2) is 6.17. The van der Waals surface area contributed by atoms with Gasteiger partial charge in [-0.3, -0.25) is 4.90 Å². The van der Waals surface area contributed by atoms with Gasteiger partial charge in [0.2, 0.25) is 0 Å². The lowest BCUT2D eigenvalue weighted by molar-refractivity contribution is -0.136. The van der Waals surface area contributed by atoms with Crippen LogP contribution < -0.4 is 0 Å². The molecule has 1 aliphatic heterocycles. The normalized spacial score (nSPS) is 19.4. The summed E-state index contributed by atoms with van der Waals surface area (Å²) in [6, 6.07) is 12.0. The van der Waals surface area contributed by atoms with Gasteiger partial charge in [0, 0.05) is 25.1 Å². The van der Waals surface area contributed by atoms with Gasteiger partial charge in [-0.05, 0) is 5.56 Å². The van der Waals surface area contributed by atoms with Crippen molar-refractivity contribution in [3.63, 3.8) is 0 Å².